The largest absolute Gasteiger partial charge is 0.509 e. The highest BCUT2D eigenvalue weighted by Crippen LogP contribution is 2.63. The molecule has 0 heterocycles. The molecule has 0 N–H and O–H groups in total. The number of rotatable bonds is 6. The lowest BCUT2D eigenvalue weighted by atomic mass is 9.50. The van der Waals surface area contributed by atoms with Crippen LogP contribution in [0.4, 0.5) is 4.79 Å². The minimum atomic E-state index is -0.888. The predicted octanol–water partition coefficient (Wildman–Crippen LogP) is 6.11. The van der Waals surface area contributed by atoms with Gasteiger partial charge in [0.2, 0.25) is 0 Å². The van der Waals surface area contributed by atoms with Crippen LogP contribution in [0.15, 0.2) is 0 Å². The lowest BCUT2D eigenvalue weighted by Crippen LogP contribution is -2.69. The standard InChI is InChI=1S/C27H44O7/c1-10-24(8,9)20(29)32-26-12-18-11-25(15-26,31-19(28)14-22(2,3)4)16-27(13-18,17-26)34-21(30)33-23(5,6)7/h18H,10-17H2,1-9H3. The molecular formula is C27H44O7. The summed E-state index contributed by atoms with van der Waals surface area (Å²) in [6.45, 7) is 17.1. The van der Waals surface area contributed by atoms with E-state index in [0.29, 0.717) is 44.9 Å². The van der Waals surface area contributed by atoms with E-state index in [9.17, 15) is 14.4 Å². The highest BCUT2D eigenvalue weighted by Gasteiger charge is 2.69. The van der Waals surface area contributed by atoms with Crippen LogP contribution in [0.1, 0.15) is 114 Å². The van der Waals surface area contributed by atoms with Gasteiger partial charge in [-0.05, 0) is 71.6 Å². The molecule has 0 aliphatic heterocycles. The molecule has 0 saturated heterocycles. The number of hydrogen-bond acceptors (Lipinski definition) is 7. The third kappa shape index (κ3) is 6.06. The Balaban J connectivity index is 1.92. The number of carbonyl (C=O) groups excluding carboxylic acids is 3. The fraction of sp³-hybridized carbons (Fsp3) is 0.889. The van der Waals surface area contributed by atoms with Gasteiger partial charge in [-0.25, -0.2) is 4.79 Å². The van der Waals surface area contributed by atoms with Crippen molar-refractivity contribution in [2.45, 2.75) is 136 Å². The van der Waals surface area contributed by atoms with Crippen molar-refractivity contribution in [2.24, 2.45) is 16.7 Å². The number of ether oxygens (including phenoxy) is 4. The molecule has 0 spiro atoms. The van der Waals surface area contributed by atoms with Crippen LogP contribution >= 0.6 is 0 Å². The minimum Gasteiger partial charge on any atom is -0.459 e. The summed E-state index contributed by atoms with van der Waals surface area (Å²) in [7, 11) is 0. The van der Waals surface area contributed by atoms with E-state index in [1.54, 1.807) is 20.8 Å². The van der Waals surface area contributed by atoms with Crippen LogP contribution in [0.3, 0.4) is 0 Å². The van der Waals surface area contributed by atoms with Gasteiger partial charge >= 0.3 is 18.1 Å². The Kier molecular flexibility index (Phi) is 6.63. The van der Waals surface area contributed by atoms with E-state index in [1.807, 2.05) is 41.5 Å². The first kappa shape index (κ1) is 26.8. The van der Waals surface area contributed by atoms with Gasteiger partial charge in [0, 0.05) is 19.3 Å². The summed E-state index contributed by atoms with van der Waals surface area (Å²) < 4.78 is 23.9. The van der Waals surface area contributed by atoms with E-state index in [4.69, 9.17) is 18.9 Å². The van der Waals surface area contributed by atoms with Crippen LogP contribution in [0.2, 0.25) is 0 Å². The Morgan fingerprint density at radius 2 is 1.24 bits per heavy atom. The first-order chi connectivity index (χ1) is 15.3. The van der Waals surface area contributed by atoms with Crippen LogP contribution in [0, 0.1) is 16.7 Å². The van der Waals surface area contributed by atoms with E-state index < -0.39 is 34.0 Å². The molecule has 4 saturated carbocycles. The number of carbonyl (C=O) groups is 3. The molecule has 4 fully saturated rings. The van der Waals surface area contributed by atoms with Gasteiger partial charge in [-0.15, -0.1) is 0 Å². The molecule has 7 heteroatoms. The Morgan fingerprint density at radius 3 is 1.68 bits per heavy atom. The van der Waals surface area contributed by atoms with Gasteiger partial charge in [-0.3, -0.25) is 9.59 Å². The van der Waals surface area contributed by atoms with Crippen LogP contribution in [-0.2, 0) is 28.5 Å². The zero-order chi connectivity index (χ0) is 25.8. The number of esters is 2. The van der Waals surface area contributed by atoms with Crippen LogP contribution in [0.5, 0.6) is 0 Å². The third-order valence-corrected chi connectivity index (χ3v) is 7.36. The van der Waals surface area contributed by atoms with Crippen molar-refractivity contribution in [3.05, 3.63) is 0 Å². The Hall–Kier alpha value is -1.79. The van der Waals surface area contributed by atoms with Gasteiger partial charge < -0.3 is 18.9 Å². The monoisotopic (exact) mass is 480 g/mol. The summed E-state index contributed by atoms with van der Waals surface area (Å²) in [6.07, 6.45) is 3.49. The summed E-state index contributed by atoms with van der Waals surface area (Å²) in [4.78, 5) is 38.8. The molecule has 4 unspecified atom stereocenters. The zero-order valence-electron chi connectivity index (χ0n) is 22.6. The first-order valence-electron chi connectivity index (χ1n) is 12.7. The number of hydrogen-bond donors (Lipinski definition) is 0. The second-order valence-electron chi connectivity index (χ2n) is 14.0. The maximum Gasteiger partial charge on any atom is 0.509 e. The molecule has 194 valence electrons. The molecule has 4 aliphatic carbocycles. The Bertz CT molecular complexity index is 783. The van der Waals surface area contributed by atoms with Gasteiger partial charge in [0.1, 0.15) is 22.4 Å². The maximum atomic E-state index is 13.1. The van der Waals surface area contributed by atoms with E-state index in [-0.39, 0.29) is 29.7 Å². The van der Waals surface area contributed by atoms with Gasteiger partial charge in [0.15, 0.2) is 0 Å². The Labute approximate surface area is 204 Å². The molecule has 0 aromatic carbocycles. The maximum absolute atomic E-state index is 13.1. The molecule has 34 heavy (non-hydrogen) atoms. The fourth-order valence-electron chi connectivity index (χ4n) is 6.16. The van der Waals surface area contributed by atoms with E-state index in [2.05, 4.69) is 0 Å². The van der Waals surface area contributed by atoms with Gasteiger partial charge in [-0.1, -0.05) is 27.7 Å². The normalized spacial score (nSPS) is 32.8. The van der Waals surface area contributed by atoms with Crippen molar-refractivity contribution >= 4 is 18.1 Å². The highest BCUT2D eigenvalue weighted by atomic mass is 16.7. The van der Waals surface area contributed by atoms with E-state index in [1.165, 1.54) is 0 Å². The molecule has 0 aromatic heterocycles. The van der Waals surface area contributed by atoms with E-state index in [0.717, 1.165) is 0 Å². The quantitative estimate of drug-likeness (QED) is 0.335. The molecule has 4 aliphatic rings. The van der Waals surface area contributed by atoms with Crippen molar-refractivity contribution in [1.29, 1.82) is 0 Å². The van der Waals surface area contributed by atoms with Crippen molar-refractivity contribution in [3.63, 3.8) is 0 Å². The minimum absolute atomic E-state index is 0.124. The van der Waals surface area contributed by atoms with Gasteiger partial charge in [0.05, 0.1) is 11.8 Å². The summed E-state index contributed by atoms with van der Waals surface area (Å²) >= 11 is 0. The summed E-state index contributed by atoms with van der Waals surface area (Å²) in [5, 5.41) is 0. The lowest BCUT2D eigenvalue weighted by Gasteiger charge is -2.63. The van der Waals surface area contributed by atoms with Gasteiger partial charge in [-0.2, -0.15) is 0 Å². The predicted molar refractivity (Wildman–Crippen MR) is 127 cm³/mol. The molecule has 7 nitrogen and oxygen atoms in total. The van der Waals surface area contributed by atoms with Gasteiger partial charge in [0.25, 0.3) is 0 Å². The lowest BCUT2D eigenvalue weighted by molar-refractivity contribution is -0.273. The average molecular weight is 481 g/mol. The molecule has 4 atom stereocenters. The second kappa shape index (κ2) is 8.41. The zero-order valence-corrected chi connectivity index (χ0v) is 22.6. The summed E-state index contributed by atoms with van der Waals surface area (Å²) in [5.41, 5.74) is -4.06. The SMILES string of the molecule is CCC(C)(C)C(=O)OC12CC3CC(OC(=O)CC(C)(C)C)(CC(OC(=O)OC(C)(C)C)(C3)C1)C2. The molecule has 0 radical (unpaired) electrons. The molecule has 0 amide bonds. The van der Waals surface area contributed by atoms with Crippen LogP contribution in [0.25, 0.3) is 0 Å². The topological polar surface area (TPSA) is 88.1 Å². The van der Waals surface area contributed by atoms with Crippen molar-refractivity contribution in [2.75, 3.05) is 0 Å². The van der Waals surface area contributed by atoms with Crippen molar-refractivity contribution in [3.8, 4) is 0 Å². The smallest absolute Gasteiger partial charge is 0.459 e. The average Bonchev–Trinajstić information content (AvgIpc) is 2.55. The molecular weight excluding hydrogens is 436 g/mol. The Morgan fingerprint density at radius 1 is 0.765 bits per heavy atom. The molecule has 4 rings (SSSR count). The van der Waals surface area contributed by atoms with Crippen LogP contribution in [-0.4, -0.2) is 40.5 Å². The third-order valence-electron chi connectivity index (χ3n) is 7.36. The van der Waals surface area contributed by atoms with Crippen molar-refractivity contribution < 1.29 is 33.3 Å². The first-order valence-corrected chi connectivity index (χ1v) is 12.7. The second-order valence-corrected chi connectivity index (χ2v) is 14.0. The van der Waals surface area contributed by atoms with Crippen molar-refractivity contribution in [1.82, 2.24) is 0 Å². The molecule has 0 aromatic rings. The summed E-state index contributed by atoms with van der Waals surface area (Å²) in [5.74, 6) is -0.406. The van der Waals surface area contributed by atoms with Crippen LogP contribution < -0.4 is 0 Å². The molecule has 4 bridgehead atoms. The summed E-state index contributed by atoms with van der Waals surface area (Å²) in [6, 6.07) is 0. The highest BCUT2D eigenvalue weighted by molar-refractivity contribution is 5.76. The fourth-order valence-corrected chi connectivity index (χ4v) is 6.16. The van der Waals surface area contributed by atoms with E-state index >= 15 is 0 Å².